The maximum atomic E-state index is 10.8. The average molecular weight is 496 g/mol. The van der Waals surface area contributed by atoms with Crippen molar-refractivity contribution >= 4 is 45.7 Å². The van der Waals surface area contributed by atoms with E-state index in [1.807, 2.05) is 59.0 Å². The molecule has 9 heteroatoms. The molecular weight excluding hydrogens is 483 g/mol. The van der Waals surface area contributed by atoms with Gasteiger partial charge < -0.3 is 4.74 Å². The van der Waals surface area contributed by atoms with Crippen LogP contribution in [0.4, 0.5) is 0 Å². The summed E-state index contributed by atoms with van der Waals surface area (Å²) in [6, 6.07) is 17.5. The summed E-state index contributed by atoms with van der Waals surface area (Å²) in [6.07, 6.45) is 1.67. The van der Waals surface area contributed by atoms with Crippen molar-refractivity contribution in [1.82, 2.24) is 29.4 Å². The molecule has 3 aromatic heterocycles. The molecule has 8 nitrogen and oxygen atoms in total. The molecule has 2 aromatic carbocycles. The molecule has 142 valence electrons. The lowest BCUT2D eigenvalue weighted by Gasteiger charge is -2.06. The minimum atomic E-state index is 0.0974. The zero-order valence-electron chi connectivity index (χ0n) is 14.9. The first kappa shape index (κ1) is 17.7. The van der Waals surface area contributed by atoms with Gasteiger partial charge in [-0.15, -0.1) is 10.2 Å². The van der Waals surface area contributed by atoms with E-state index in [1.54, 1.807) is 11.0 Å². The van der Waals surface area contributed by atoms with E-state index in [2.05, 4.69) is 32.8 Å². The Kier molecular flexibility index (Phi) is 4.43. The van der Waals surface area contributed by atoms with Gasteiger partial charge in [0.05, 0.1) is 26.0 Å². The molecule has 0 saturated heterocycles. The number of ether oxygens (including phenoxy) is 1. The van der Waals surface area contributed by atoms with Crippen LogP contribution in [0.5, 0.6) is 0 Å². The summed E-state index contributed by atoms with van der Waals surface area (Å²) in [4.78, 5) is 15.6. The minimum absolute atomic E-state index is 0.0974. The summed E-state index contributed by atoms with van der Waals surface area (Å²) in [7, 11) is 0. The second kappa shape index (κ2) is 7.24. The second-order valence-corrected chi connectivity index (χ2v) is 7.32. The van der Waals surface area contributed by atoms with Gasteiger partial charge in [0.15, 0.2) is 5.65 Å². The average Bonchev–Trinajstić information content (AvgIpc) is 3.38. The van der Waals surface area contributed by atoms with Gasteiger partial charge in [-0.2, -0.15) is 5.10 Å². The summed E-state index contributed by atoms with van der Waals surface area (Å²) in [5.74, 6) is 0. The van der Waals surface area contributed by atoms with Crippen LogP contribution in [0.2, 0.25) is 0 Å². The van der Waals surface area contributed by atoms with Crippen LogP contribution < -0.4 is 0 Å². The van der Waals surface area contributed by atoms with Crippen LogP contribution in [0, 0.1) is 3.57 Å². The van der Waals surface area contributed by atoms with E-state index >= 15 is 0 Å². The van der Waals surface area contributed by atoms with Crippen LogP contribution in [-0.4, -0.2) is 35.8 Å². The molecular formula is C20H13IN6O2. The highest BCUT2D eigenvalue weighted by Gasteiger charge is 2.23. The molecule has 0 saturated carbocycles. The Labute approximate surface area is 178 Å². The fraction of sp³-hybridized carbons (Fsp3) is 0.0500. The third kappa shape index (κ3) is 2.94. The number of carbonyl (C=O) groups is 1. The number of nitrogens with zero attached hydrogens (tertiary/aromatic N) is 6. The number of hydrogen-bond acceptors (Lipinski definition) is 6. The number of halogens is 1. The first-order valence-corrected chi connectivity index (χ1v) is 9.82. The smallest absolute Gasteiger partial charge is 0.293 e. The molecule has 0 aliphatic rings. The van der Waals surface area contributed by atoms with Crippen LogP contribution in [0.1, 0.15) is 5.69 Å². The molecule has 0 amide bonds. The summed E-state index contributed by atoms with van der Waals surface area (Å²) in [6.45, 7) is 0.531. The molecule has 0 N–H and O–H groups in total. The largest absolute Gasteiger partial charge is 0.461 e. The maximum Gasteiger partial charge on any atom is 0.293 e. The highest BCUT2D eigenvalue weighted by Crippen LogP contribution is 2.31. The predicted octanol–water partition coefficient (Wildman–Crippen LogP) is 3.41. The quantitative estimate of drug-likeness (QED) is 0.274. The van der Waals surface area contributed by atoms with E-state index in [0.29, 0.717) is 23.5 Å². The van der Waals surface area contributed by atoms with Crippen LogP contribution in [0.3, 0.4) is 0 Å². The summed E-state index contributed by atoms with van der Waals surface area (Å²) in [5, 5.41) is 13.1. The van der Waals surface area contributed by atoms with Crippen LogP contribution in [-0.2, 0) is 16.1 Å². The highest BCUT2D eigenvalue weighted by atomic mass is 127. The van der Waals surface area contributed by atoms with E-state index in [-0.39, 0.29) is 6.61 Å². The lowest BCUT2D eigenvalue weighted by molar-refractivity contribution is -0.130. The van der Waals surface area contributed by atoms with E-state index in [1.165, 1.54) is 0 Å². The van der Waals surface area contributed by atoms with Crippen molar-refractivity contribution in [1.29, 1.82) is 0 Å². The molecule has 0 bridgehead atoms. The zero-order chi connectivity index (χ0) is 19.8. The summed E-state index contributed by atoms with van der Waals surface area (Å²) < 4.78 is 9.56. The molecule has 5 aromatic rings. The standard InChI is InChI=1S/C20H13IN6O2/c21-17-16(10-29-12-28)27(13-6-2-1-3-7-13)25-18(17)19-20-24-22-11-26(20)15-9-5-4-8-14(15)23-19/h1-9,11-12H,10H2. The summed E-state index contributed by atoms with van der Waals surface area (Å²) >= 11 is 2.21. The molecule has 0 aliphatic carbocycles. The molecule has 0 atom stereocenters. The molecule has 29 heavy (non-hydrogen) atoms. The third-order valence-electron chi connectivity index (χ3n) is 4.56. The van der Waals surface area contributed by atoms with Gasteiger partial charge in [0.1, 0.15) is 24.3 Å². The second-order valence-electron chi connectivity index (χ2n) is 6.24. The van der Waals surface area contributed by atoms with E-state index in [0.717, 1.165) is 26.0 Å². The number of aromatic nitrogens is 6. The van der Waals surface area contributed by atoms with Crippen LogP contribution in [0.25, 0.3) is 33.8 Å². The molecule has 0 unspecified atom stereocenters. The van der Waals surface area contributed by atoms with Gasteiger partial charge in [-0.05, 0) is 46.9 Å². The van der Waals surface area contributed by atoms with Crippen molar-refractivity contribution in [2.24, 2.45) is 0 Å². The number of carbonyl (C=O) groups excluding carboxylic acids is 1. The highest BCUT2D eigenvalue weighted by molar-refractivity contribution is 14.1. The molecule has 0 fully saturated rings. The van der Waals surface area contributed by atoms with Gasteiger partial charge >= 0.3 is 0 Å². The van der Waals surface area contributed by atoms with Crippen molar-refractivity contribution < 1.29 is 9.53 Å². The molecule has 3 heterocycles. The van der Waals surface area contributed by atoms with Crippen LogP contribution >= 0.6 is 22.6 Å². The molecule has 0 aliphatic heterocycles. The minimum Gasteiger partial charge on any atom is -0.461 e. The first-order chi connectivity index (χ1) is 14.3. The number of para-hydroxylation sites is 3. The number of hydrogen-bond donors (Lipinski definition) is 0. The fourth-order valence-electron chi connectivity index (χ4n) is 3.27. The van der Waals surface area contributed by atoms with E-state index < -0.39 is 0 Å². The zero-order valence-corrected chi connectivity index (χ0v) is 17.1. The van der Waals surface area contributed by atoms with Gasteiger partial charge in [-0.25, -0.2) is 9.67 Å². The third-order valence-corrected chi connectivity index (χ3v) is 5.70. The number of fused-ring (bicyclic) bond motifs is 3. The van der Waals surface area contributed by atoms with Crippen molar-refractivity contribution in [2.45, 2.75) is 6.61 Å². The van der Waals surface area contributed by atoms with Crippen molar-refractivity contribution in [3.8, 4) is 17.1 Å². The Hall–Kier alpha value is -3.34. The molecule has 5 rings (SSSR count). The SMILES string of the molecule is O=COCc1c(I)c(-c2nc3ccccc3n3cnnc23)nn1-c1ccccc1. The Morgan fingerprint density at radius 2 is 1.83 bits per heavy atom. The lowest BCUT2D eigenvalue weighted by Crippen LogP contribution is -2.04. The first-order valence-electron chi connectivity index (χ1n) is 8.75. The van der Waals surface area contributed by atoms with Crippen molar-refractivity contribution in [3.05, 3.63) is 70.2 Å². The van der Waals surface area contributed by atoms with E-state index in [4.69, 9.17) is 14.8 Å². The van der Waals surface area contributed by atoms with Gasteiger partial charge in [0, 0.05) is 0 Å². The number of rotatable bonds is 5. The Balaban J connectivity index is 1.79. The Morgan fingerprint density at radius 1 is 1.03 bits per heavy atom. The normalized spacial score (nSPS) is 11.2. The predicted molar refractivity (Wildman–Crippen MR) is 114 cm³/mol. The fourth-order valence-corrected chi connectivity index (χ4v) is 4.02. The molecule has 0 spiro atoms. The Bertz CT molecular complexity index is 1350. The Morgan fingerprint density at radius 3 is 2.66 bits per heavy atom. The summed E-state index contributed by atoms with van der Waals surface area (Å²) in [5.41, 5.74) is 5.23. The number of benzene rings is 2. The monoisotopic (exact) mass is 496 g/mol. The maximum absolute atomic E-state index is 10.8. The van der Waals surface area contributed by atoms with Gasteiger partial charge in [0.2, 0.25) is 0 Å². The lowest BCUT2D eigenvalue weighted by atomic mass is 10.2. The topological polar surface area (TPSA) is 87.2 Å². The van der Waals surface area contributed by atoms with E-state index in [9.17, 15) is 4.79 Å². The van der Waals surface area contributed by atoms with Gasteiger partial charge in [-0.3, -0.25) is 9.20 Å². The van der Waals surface area contributed by atoms with Crippen LogP contribution in [0.15, 0.2) is 60.9 Å². The van der Waals surface area contributed by atoms with Crippen molar-refractivity contribution in [2.75, 3.05) is 0 Å². The van der Waals surface area contributed by atoms with Gasteiger partial charge in [0.25, 0.3) is 6.47 Å². The molecule has 0 radical (unpaired) electrons. The van der Waals surface area contributed by atoms with Gasteiger partial charge in [-0.1, -0.05) is 30.3 Å². The van der Waals surface area contributed by atoms with Crippen molar-refractivity contribution in [3.63, 3.8) is 0 Å².